The number of aliphatic hydroxyl groups excluding tert-OH is 1. The molecule has 0 aliphatic rings. The van der Waals surface area contributed by atoms with Gasteiger partial charge in [-0.15, -0.1) is 0 Å². The second-order valence-corrected chi connectivity index (χ2v) is 4.44. The first-order chi connectivity index (χ1) is 7.22. The van der Waals surface area contributed by atoms with Crippen molar-refractivity contribution in [3.05, 3.63) is 34.3 Å². The van der Waals surface area contributed by atoms with Crippen LogP contribution in [-0.4, -0.2) is 30.8 Å². The Morgan fingerprint density at radius 1 is 1.33 bits per heavy atom. The Morgan fingerprint density at radius 3 is 2.60 bits per heavy atom. The lowest BCUT2D eigenvalue weighted by atomic mass is 10.1. The molecule has 1 aromatic carbocycles. The maximum Gasteiger partial charge on any atom is 0.0594 e. The summed E-state index contributed by atoms with van der Waals surface area (Å²) in [5.74, 6) is 0. The van der Waals surface area contributed by atoms with Crippen molar-refractivity contribution in [2.24, 2.45) is 5.73 Å². The number of benzene rings is 1. The first kappa shape index (κ1) is 12.6. The fourth-order valence-corrected chi connectivity index (χ4v) is 1.50. The van der Waals surface area contributed by atoms with Crippen molar-refractivity contribution in [1.82, 2.24) is 5.32 Å². The minimum Gasteiger partial charge on any atom is -0.395 e. The minimum absolute atomic E-state index is 0.0330. The van der Waals surface area contributed by atoms with Crippen LogP contribution in [0.1, 0.15) is 5.56 Å². The van der Waals surface area contributed by atoms with Crippen LogP contribution in [0.3, 0.4) is 0 Å². The summed E-state index contributed by atoms with van der Waals surface area (Å²) >= 11 is 3.40. The predicted molar refractivity (Wildman–Crippen MR) is 65.8 cm³/mol. The second kappa shape index (κ2) is 6.95. The van der Waals surface area contributed by atoms with Crippen LogP contribution in [0.2, 0.25) is 0 Å². The standard InChI is InChI=1S/C11H17BrN2O/c12-10-3-1-9(2-4-10)5-6-14-7-11(13)8-15/h1-4,11,14-15H,5-8,13H2. The SMILES string of the molecule is NC(CO)CNCCc1ccc(Br)cc1. The molecule has 0 aromatic heterocycles. The van der Waals surface area contributed by atoms with Gasteiger partial charge in [-0.05, 0) is 30.7 Å². The number of nitrogens with two attached hydrogens (primary N) is 1. The van der Waals surface area contributed by atoms with Gasteiger partial charge in [-0.2, -0.15) is 0 Å². The Morgan fingerprint density at radius 2 is 2.00 bits per heavy atom. The lowest BCUT2D eigenvalue weighted by molar-refractivity contribution is 0.262. The minimum atomic E-state index is -0.157. The Hall–Kier alpha value is -0.420. The maximum absolute atomic E-state index is 8.71. The molecule has 4 N–H and O–H groups in total. The first-order valence-electron chi connectivity index (χ1n) is 5.04. The Bertz CT molecular complexity index is 276. The molecule has 0 fully saturated rings. The summed E-state index contributed by atoms with van der Waals surface area (Å²) in [4.78, 5) is 0. The monoisotopic (exact) mass is 272 g/mol. The van der Waals surface area contributed by atoms with Crippen molar-refractivity contribution in [3.63, 3.8) is 0 Å². The first-order valence-corrected chi connectivity index (χ1v) is 5.83. The van der Waals surface area contributed by atoms with Gasteiger partial charge >= 0.3 is 0 Å². The lowest BCUT2D eigenvalue weighted by Gasteiger charge is -2.09. The zero-order chi connectivity index (χ0) is 11.1. The summed E-state index contributed by atoms with van der Waals surface area (Å²) in [6.45, 7) is 1.58. The van der Waals surface area contributed by atoms with E-state index < -0.39 is 0 Å². The number of halogens is 1. The van der Waals surface area contributed by atoms with Gasteiger partial charge in [0.2, 0.25) is 0 Å². The molecule has 1 rings (SSSR count). The van der Waals surface area contributed by atoms with E-state index in [1.54, 1.807) is 0 Å². The van der Waals surface area contributed by atoms with Crippen LogP contribution in [0.4, 0.5) is 0 Å². The van der Waals surface area contributed by atoms with E-state index in [1.165, 1.54) is 5.56 Å². The molecule has 0 bridgehead atoms. The van der Waals surface area contributed by atoms with Crippen LogP contribution in [-0.2, 0) is 6.42 Å². The smallest absolute Gasteiger partial charge is 0.0594 e. The molecule has 0 amide bonds. The largest absolute Gasteiger partial charge is 0.395 e. The van der Waals surface area contributed by atoms with Crippen LogP contribution < -0.4 is 11.1 Å². The van der Waals surface area contributed by atoms with Crippen LogP contribution >= 0.6 is 15.9 Å². The highest BCUT2D eigenvalue weighted by Crippen LogP contribution is 2.10. The van der Waals surface area contributed by atoms with Crippen LogP contribution in [0, 0.1) is 0 Å². The molecule has 0 aliphatic heterocycles. The van der Waals surface area contributed by atoms with Crippen molar-refractivity contribution in [3.8, 4) is 0 Å². The van der Waals surface area contributed by atoms with Gasteiger partial charge in [0.25, 0.3) is 0 Å². The molecule has 0 saturated heterocycles. The molecule has 15 heavy (non-hydrogen) atoms. The van der Waals surface area contributed by atoms with Gasteiger partial charge in [0.05, 0.1) is 6.61 Å². The Labute approximate surface area is 98.8 Å². The van der Waals surface area contributed by atoms with E-state index in [0.717, 1.165) is 17.4 Å². The fraction of sp³-hybridized carbons (Fsp3) is 0.455. The van der Waals surface area contributed by atoms with E-state index in [2.05, 4.69) is 33.4 Å². The molecule has 1 unspecified atom stereocenters. The average Bonchev–Trinajstić information content (AvgIpc) is 2.26. The molecular weight excluding hydrogens is 256 g/mol. The van der Waals surface area contributed by atoms with Gasteiger partial charge in [-0.25, -0.2) is 0 Å². The third kappa shape index (κ3) is 5.28. The Kier molecular flexibility index (Phi) is 5.86. The van der Waals surface area contributed by atoms with E-state index in [4.69, 9.17) is 10.8 Å². The highest BCUT2D eigenvalue weighted by atomic mass is 79.9. The summed E-state index contributed by atoms with van der Waals surface area (Å²) in [7, 11) is 0. The van der Waals surface area contributed by atoms with Crippen molar-refractivity contribution in [2.75, 3.05) is 19.7 Å². The number of nitrogens with one attached hydrogen (secondary N) is 1. The van der Waals surface area contributed by atoms with Crippen LogP contribution in [0.5, 0.6) is 0 Å². The number of aliphatic hydroxyl groups is 1. The Balaban J connectivity index is 2.17. The summed E-state index contributed by atoms with van der Waals surface area (Å²) < 4.78 is 1.10. The van der Waals surface area contributed by atoms with E-state index >= 15 is 0 Å². The van der Waals surface area contributed by atoms with Gasteiger partial charge in [0.1, 0.15) is 0 Å². The van der Waals surface area contributed by atoms with Gasteiger partial charge < -0.3 is 16.2 Å². The van der Waals surface area contributed by atoms with Gasteiger partial charge in [-0.1, -0.05) is 28.1 Å². The average molecular weight is 273 g/mol. The van der Waals surface area contributed by atoms with Crippen molar-refractivity contribution < 1.29 is 5.11 Å². The quantitative estimate of drug-likeness (QED) is 0.675. The number of rotatable bonds is 6. The summed E-state index contributed by atoms with van der Waals surface area (Å²) in [5.41, 5.74) is 6.85. The summed E-state index contributed by atoms with van der Waals surface area (Å²) in [6.07, 6.45) is 0.978. The summed E-state index contributed by atoms with van der Waals surface area (Å²) in [6, 6.07) is 8.11. The number of hydrogen-bond acceptors (Lipinski definition) is 3. The van der Waals surface area contributed by atoms with E-state index in [-0.39, 0.29) is 12.6 Å². The fourth-order valence-electron chi connectivity index (χ4n) is 1.24. The zero-order valence-electron chi connectivity index (χ0n) is 8.62. The molecule has 1 aromatic rings. The lowest BCUT2D eigenvalue weighted by Crippen LogP contribution is -2.37. The maximum atomic E-state index is 8.71. The molecule has 84 valence electrons. The van der Waals surface area contributed by atoms with Gasteiger partial charge in [0.15, 0.2) is 0 Å². The van der Waals surface area contributed by atoms with Gasteiger partial charge in [-0.3, -0.25) is 0 Å². The van der Waals surface area contributed by atoms with E-state index in [0.29, 0.717) is 6.54 Å². The second-order valence-electron chi connectivity index (χ2n) is 3.52. The molecule has 0 aliphatic carbocycles. The molecule has 0 heterocycles. The number of hydrogen-bond donors (Lipinski definition) is 3. The molecule has 3 nitrogen and oxygen atoms in total. The molecule has 1 atom stereocenters. The van der Waals surface area contributed by atoms with Crippen LogP contribution in [0.25, 0.3) is 0 Å². The zero-order valence-corrected chi connectivity index (χ0v) is 10.2. The van der Waals surface area contributed by atoms with E-state index in [1.807, 2.05) is 12.1 Å². The van der Waals surface area contributed by atoms with Crippen molar-refractivity contribution in [2.45, 2.75) is 12.5 Å². The molecule has 0 saturated carbocycles. The highest BCUT2D eigenvalue weighted by molar-refractivity contribution is 9.10. The highest BCUT2D eigenvalue weighted by Gasteiger charge is 1.98. The van der Waals surface area contributed by atoms with Crippen LogP contribution in [0.15, 0.2) is 28.7 Å². The molecular formula is C11H17BrN2O. The molecule has 0 radical (unpaired) electrons. The third-order valence-corrected chi connectivity index (χ3v) is 2.67. The molecule has 0 spiro atoms. The third-order valence-electron chi connectivity index (χ3n) is 2.14. The normalized spacial score (nSPS) is 12.7. The summed E-state index contributed by atoms with van der Waals surface area (Å²) in [5, 5.41) is 11.9. The molecule has 4 heteroatoms. The van der Waals surface area contributed by atoms with Gasteiger partial charge in [0, 0.05) is 17.1 Å². The van der Waals surface area contributed by atoms with E-state index in [9.17, 15) is 0 Å². The topological polar surface area (TPSA) is 58.3 Å². The van der Waals surface area contributed by atoms with Crippen molar-refractivity contribution in [1.29, 1.82) is 0 Å². The predicted octanol–water partition coefficient (Wildman–Crippen LogP) is 0.901. The van der Waals surface area contributed by atoms with Crippen molar-refractivity contribution >= 4 is 15.9 Å².